The Morgan fingerprint density at radius 1 is 1.24 bits per heavy atom. The van der Waals surface area contributed by atoms with Crippen LogP contribution in [-0.2, 0) is 11.3 Å². The summed E-state index contributed by atoms with van der Waals surface area (Å²) >= 11 is 1.45. The quantitative estimate of drug-likeness (QED) is 0.558. The van der Waals surface area contributed by atoms with Gasteiger partial charge >= 0.3 is 0 Å². The second-order valence-corrected chi connectivity index (χ2v) is 9.92. The Labute approximate surface area is 175 Å². The highest BCUT2D eigenvalue weighted by atomic mass is 32.2. The van der Waals surface area contributed by atoms with E-state index >= 15 is 0 Å². The van der Waals surface area contributed by atoms with Crippen LogP contribution in [0.2, 0.25) is 0 Å². The smallest absolute Gasteiger partial charge is 0.230 e. The van der Waals surface area contributed by atoms with E-state index in [9.17, 15) is 4.79 Å². The summed E-state index contributed by atoms with van der Waals surface area (Å²) in [6, 6.07) is 3.85. The van der Waals surface area contributed by atoms with Gasteiger partial charge in [-0.15, -0.1) is 16.8 Å². The van der Waals surface area contributed by atoms with Crippen LogP contribution in [0.15, 0.2) is 42.3 Å². The molecule has 4 aliphatic carbocycles. The topological polar surface area (TPSA) is 72.7 Å². The molecule has 6 nitrogen and oxygen atoms in total. The number of carbonyl (C=O) groups is 1. The first-order valence-corrected chi connectivity index (χ1v) is 11.5. The van der Waals surface area contributed by atoms with Crippen molar-refractivity contribution in [1.29, 1.82) is 0 Å². The minimum Gasteiger partial charge on any atom is -0.350 e. The van der Waals surface area contributed by atoms with Crippen molar-refractivity contribution in [3.63, 3.8) is 0 Å². The van der Waals surface area contributed by atoms with E-state index in [1.54, 1.807) is 12.4 Å². The number of pyridine rings is 1. The SMILES string of the molecule is C=CCn1c(SCC(=O)NC23CC4CC(CC(C4)C2)C3)nnc1-c1cccnc1. The highest BCUT2D eigenvalue weighted by Crippen LogP contribution is 2.55. The average molecular weight is 410 g/mol. The molecule has 0 spiro atoms. The fourth-order valence-corrected chi connectivity index (χ4v) is 6.87. The number of allylic oxidation sites excluding steroid dienone is 1. The van der Waals surface area contributed by atoms with E-state index in [-0.39, 0.29) is 11.4 Å². The Kier molecular flexibility index (Phi) is 4.94. The average Bonchev–Trinajstić information content (AvgIpc) is 3.08. The van der Waals surface area contributed by atoms with Crippen LogP contribution < -0.4 is 5.32 Å². The van der Waals surface area contributed by atoms with Crippen molar-refractivity contribution in [2.75, 3.05) is 5.75 Å². The molecule has 0 saturated heterocycles. The lowest BCUT2D eigenvalue weighted by atomic mass is 9.53. The predicted octanol–water partition coefficient (Wildman–Crippen LogP) is 3.70. The van der Waals surface area contributed by atoms with Gasteiger partial charge in [0, 0.05) is 30.0 Å². The number of nitrogens with zero attached hydrogens (tertiary/aromatic N) is 4. The maximum absolute atomic E-state index is 12.8. The molecule has 0 unspecified atom stereocenters. The number of nitrogens with one attached hydrogen (secondary N) is 1. The van der Waals surface area contributed by atoms with Crippen molar-refractivity contribution in [2.24, 2.45) is 17.8 Å². The zero-order chi connectivity index (χ0) is 19.8. The summed E-state index contributed by atoms with van der Waals surface area (Å²) in [6.45, 7) is 4.44. The van der Waals surface area contributed by atoms with E-state index in [2.05, 4.69) is 27.1 Å². The van der Waals surface area contributed by atoms with Gasteiger partial charge in [-0.2, -0.15) is 0 Å². The van der Waals surface area contributed by atoms with Gasteiger partial charge < -0.3 is 5.32 Å². The summed E-state index contributed by atoms with van der Waals surface area (Å²) in [6.07, 6.45) is 13.0. The highest BCUT2D eigenvalue weighted by Gasteiger charge is 2.51. The molecule has 4 bridgehead atoms. The number of amides is 1. The zero-order valence-electron chi connectivity index (χ0n) is 16.6. The molecule has 1 amide bonds. The minimum atomic E-state index is 0.0576. The summed E-state index contributed by atoms with van der Waals surface area (Å²) in [5.41, 5.74) is 0.967. The van der Waals surface area contributed by atoms with Crippen molar-refractivity contribution in [3.05, 3.63) is 37.2 Å². The monoisotopic (exact) mass is 409 g/mol. The molecule has 0 radical (unpaired) electrons. The molecule has 2 heterocycles. The Balaban J connectivity index is 1.26. The lowest BCUT2D eigenvalue weighted by Gasteiger charge is -2.56. The molecule has 1 N–H and O–H groups in total. The van der Waals surface area contributed by atoms with Crippen LogP contribution in [0.4, 0.5) is 0 Å². The van der Waals surface area contributed by atoms with E-state index in [0.717, 1.165) is 34.3 Å². The largest absolute Gasteiger partial charge is 0.350 e. The van der Waals surface area contributed by atoms with E-state index < -0.39 is 0 Å². The van der Waals surface area contributed by atoms with Gasteiger partial charge in [-0.05, 0) is 68.4 Å². The molecule has 6 rings (SSSR count). The van der Waals surface area contributed by atoms with E-state index in [4.69, 9.17) is 0 Å². The molecule has 29 heavy (non-hydrogen) atoms. The molecule has 2 aromatic heterocycles. The fourth-order valence-electron chi connectivity index (χ4n) is 6.12. The van der Waals surface area contributed by atoms with Gasteiger partial charge in [0.2, 0.25) is 5.91 Å². The molecular formula is C22H27N5OS. The lowest BCUT2D eigenvalue weighted by Crippen LogP contribution is -2.60. The lowest BCUT2D eigenvalue weighted by molar-refractivity contribution is -0.124. The van der Waals surface area contributed by atoms with Gasteiger partial charge in [-0.3, -0.25) is 14.3 Å². The number of hydrogen-bond acceptors (Lipinski definition) is 5. The first-order chi connectivity index (χ1) is 14.1. The summed E-state index contributed by atoms with van der Waals surface area (Å²) < 4.78 is 1.99. The van der Waals surface area contributed by atoms with Crippen LogP contribution >= 0.6 is 11.8 Å². The second-order valence-electron chi connectivity index (χ2n) is 8.98. The number of carbonyl (C=O) groups excluding carboxylic acids is 1. The van der Waals surface area contributed by atoms with Crippen LogP contribution in [0.1, 0.15) is 38.5 Å². The Morgan fingerprint density at radius 3 is 2.59 bits per heavy atom. The van der Waals surface area contributed by atoms with Gasteiger partial charge in [-0.1, -0.05) is 17.8 Å². The maximum Gasteiger partial charge on any atom is 0.230 e. The summed E-state index contributed by atoms with van der Waals surface area (Å²) in [4.78, 5) is 17.0. The van der Waals surface area contributed by atoms with Crippen LogP contribution in [0.3, 0.4) is 0 Å². The summed E-state index contributed by atoms with van der Waals surface area (Å²) in [7, 11) is 0. The number of rotatable bonds is 7. The standard InChI is InChI=1S/C22H27N5OS/c1-2-6-27-20(18-4-3-5-23-13-18)25-26-21(27)29-14-19(28)24-22-10-15-7-16(11-22)9-17(8-15)12-22/h2-5,13,15-17H,1,6-12,14H2,(H,24,28). The normalized spacial score (nSPS) is 29.7. The minimum absolute atomic E-state index is 0.0576. The van der Waals surface area contributed by atoms with Gasteiger partial charge in [-0.25, -0.2) is 0 Å². The first kappa shape index (κ1) is 18.9. The Hall–Kier alpha value is -2.15. The highest BCUT2D eigenvalue weighted by molar-refractivity contribution is 7.99. The molecule has 0 aromatic carbocycles. The van der Waals surface area contributed by atoms with Crippen molar-refractivity contribution in [1.82, 2.24) is 25.1 Å². The summed E-state index contributed by atoms with van der Waals surface area (Å²) in [5.74, 6) is 3.71. The van der Waals surface area contributed by atoms with Crippen molar-refractivity contribution in [2.45, 2.75) is 55.8 Å². The third kappa shape index (κ3) is 3.72. The van der Waals surface area contributed by atoms with Gasteiger partial charge in [0.05, 0.1) is 5.75 Å². The second kappa shape index (κ2) is 7.59. The van der Waals surface area contributed by atoms with Crippen LogP contribution in [0, 0.1) is 17.8 Å². The Bertz CT molecular complexity index is 874. The number of aromatic nitrogens is 4. The number of hydrogen-bond donors (Lipinski definition) is 1. The van der Waals surface area contributed by atoms with E-state index in [1.165, 1.54) is 50.3 Å². The summed E-state index contributed by atoms with van der Waals surface area (Å²) in [5, 5.41) is 12.8. The predicted molar refractivity (Wildman–Crippen MR) is 113 cm³/mol. The third-order valence-corrected chi connectivity index (χ3v) is 7.69. The zero-order valence-corrected chi connectivity index (χ0v) is 17.4. The van der Waals surface area contributed by atoms with Gasteiger partial charge in [0.1, 0.15) is 0 Å². The van der Waals surface area contributed by atoms with Crippen molar-refractivity contribution in [3.8, 4) is 11.4 Å². The molecule has 4 aliphatic rings. The molecule has 4 fully saturated rings. The van der Waals surface area contributed by atoms with Gasteiger partial charge in [0.25, 0.3) is 0 Å². The molecule has 0 aliphatic heterocycles. The van der Waals surface area contributed by atoms with Crippen LogP contribution in [0.25, 0.3) is 11.4 Å². The van der Waals surface area contributed by atoms with E-state index in [0.29, 0.717) is 12.3 Å². The molecule has 7 heteroatoms. The van der Waals surface area contributed by atoms with E-state index in [1.807, 2.05) is 22.8 Å². The van der Waals surface area contributed by atoms with Crippen LogP contribution in [-0.4, -0.2) is 36.9 Å². The number of thioether (sulfide) groups is 1. The first-order valence-electron chi connectivity index (χ1n) is 10.5. The molecule has 0 atom stereocenters. The third-order valence-electron chi connectivity index (χ3n) is 6.72. The molecule has 2 aromatic rings. The van der Waals surface area contributed by atoms with Crippen molar-refractivity contribution >= 4 is 17.7 Å². The Morgan fingerprint density at radius 2 is 1.97 bits per heavy atom. The fraction of sp³-hybridized carbons (Fsp3) is 0.545. The van der Waals surface area contributed by atoms with Gasteiger partial charge in [0.15, 0.2) is 11.0 Å². The van der Waals surface area contributed by atoms with Crippen molar-refractivity contribution < 1.29 is 4.79 Å². The van der Waals surface area contributed by atoms with Crippen LogP contribution in [0.5, 0.6) is 0 Å². The molecule has 4 saturated carbocycles. The maximum atomic E-state index is 12.8. The molecular weight excluding hydrogens is 382 g/mol. The molecule has 152 valence electrons.